The second kappa shape index (κ2) is 10.5. The number of aromatic amines is 2. The fourth-order valence-electron chi connectivity index (χ4n) is 5.44. The molecular formula is C31H31N7. The second-order valence-electron chi connectivity index (χ2n) is 9.93. The Morgan fingerprint density at radius 3 is 2.76 bits per heavy atom. The number of imidazole rings is 1. The number of hydrogen-bond donors (Lipinski definition) is 2. The fourth-order valence-corrected chi connectivity index (χ4v) is 5.44. The molecule has 0 radical (unpaired) electrons. The summed E-state index contributed by atoms with van der Waals surface area (Å²) in [5.41, 5.74) is 8.07. The molecule has 0 atom stereocenters. The summed E-state index contributed by atoms with van der Waals surface area (Å²) in [4.78, 5) is 22.0. The topological polar surface area (TPSA) is 96.0 Å². The van der Waals surface area contributed by atoms with Crippen molar-refractivity contribution in [1.29, 1.82) is 0 Å². The predicted octanol–water partition coefficient (Wildman–Crippen LogP) is 7.44. The average molecular weight is 502 g/mol. The fraction of sp³-hybridized carbons (Fsp3) is 0.258. The summed E-state index contributed by atoms with van der Waals surface area (Å²) in [5.74, 6) is 1.44. The molecule has 1 saturated carbocycles. The van der Waals surface area contributed by atoms with Crippen molar-refractivity contribution in [1.82, 2.24) is 35.1 Å². The molecule has 1 fully saturated rings. The zero-order valence-corrected chi connectivity index (χ0v) is 21.6. The Morgan fingerprint density at radius 2 is 1.97 bits per heavy atom. The first-order valence-electron chi connectivity index (χ1n) is 13.3. The van der Waals surface area contributed by atoms with E-state index in [1.165, 1.54) is 37.7 Å². The lowest BCUT2D eigenvalue weighted by Gasteiger charge is -2.22. The minimum atomic E-state index is 0.651. The molecule has 0 unspecified atom stereocenters. The highest BCUT2D eigenvalue weighted by molar-refractivity contribution is 5.95. The lowest BCUT2D eigenvalue weighted by Crippen LogP contribution is -2.06. The lowest BCUT2D eigenvalue weighted by atomic mass is 9.84. The van der Waals surface area contributed by atoms with Crippen LogP contribution in [0.15, 0.2) is 79.3 Å². The highest BCUT2D eigenvalue weighted by atomic mass is 15.2. The van der Waals surface area contributed by atoms with E-state index in [9.17, 15) is 0 Å². The molecule has 0 bridgehead atoms. The molecule has 0 spiro atoms. The van der Waals surface area contributed by atoms with E-state index in [0.717, 1.165) is 57.0 Å². The quantitative estimate of drug-likeness (QED) is 0.226. The summed E-state index contributed by atoms with van der Waals surface area (Å²) in [5, 5.41) is 8.51. The van der Waals surface area contributed by atoms with E-state index in [1.807, 2.05) is 36.5 Å². The van der Waals surface area contributed by atoms with E-state index in [1.54, 1.807) is 12.4 Å². The van der Waals surface area contributed by atoms with Gasteiger partial charge < -0.3 is 4.98 Å². The van der Waals surface area contributed by atoms with Gasteiger partial charge in [0.25, 0.3) is 0 Å². The highest BCUT2D eigenvalue weighted by Gasteiger charge is 2.18. The average Bonchev–Trinajstić information content (AvgIpc) is 3.60. The highest BCUT2D eigenvalue weighted by Crippen LogP contribution is 2.33. The Balaban J connectivity index is 1.36. The van der Waals surface area contributed by atoms with Crippen molar-refractivity contribution in [2.24, 2.45) is 5.92 Å². The second-order valence-corrected chi connectivity index (χ2v) is 9.93. The number of fused-ring (bicyclic) bond motifs is 2. The van der Waals surface area contributed by atoms with Crippen LogP contribution >= 0.6 is 0 Å². The first kappa shape index (κ1) is 24.0. The smallest absolute Gasteiger partial charge is 0.181 e. The first-order chi connectivity index (χ1) is 18.7. The number of H-pyrrole nitrogens is 2. The van der Waals surface area contributed by atoms with E-state index < -0.39 is 0 Å². The summed E-state index contributed by atoms with van der Waals surface area (Å²) in [6, 6.07) is 9.84. The molecule has 190 valence electrons. The van der Waals surface area contributed by atoms with Crippen molar-refractivity contribution in [3.8, 4) is 22.9 Å². The van der Waals surface area contributed by atoms with Gasteiger partial charge in [-0.25, -0.2) is 9.97 Å². The summed E-state index contributed by atoms with van der Waals surface area (Å²) in [6.07, 6.45) is 19.6. The van der Waals surface area contributed by atoms with Crippen molar-refractivity contribution in [2.45, 2.75) is 45.4 Å². The molecule has 5 aromatic rings. The molecule has 7 heteroatoms. The van der Waals surface area contributed by atoms with E-state index in [0.29, 0.717) is 11.5 Å². The van der Waals surface area contributed by atoms with Crippen LogP contribution < -0.4 is 0 Å². The maximum absolute atomic E-state index is 4.91. The van der Waals surface area contributed by atoms with Crippen molar-refractivity contribution >= 4 is 27.6 Å². The molecule has 7 nitrogen and oxygen atoms in total. The van der Waals surface area contributed by atoms with Gasteiger partial charge in [0.2, 0.25) is 0 Å². The van der Waals surface area contributed by atoms with Gasteiger partial charge in [-0.1, -0.05) is 63.0 Å². The zero-order chi connectivity index (χ0) is 25.9. The number of rotatable bonds is 7. The van der Waals surface area contributed by atoms with Crippen molar-refractivity contribution < 1.29 is 0 Å². The number of nitrogens with zero attached hydrogens (tertiary/aromatic N) is 5. The first-order valence-corrected chi connectivity index (χ1v) is 13.3. The summed E-state index contributed by atoms with van der Waals surface area (Å²) < 4.78 is 0. The van der Waals surface area contributed by atoms with Gasteiger partial charge in [0.05, 0.1) is 16.6 Å². The lowest BCUT2D eigenvalue weighted by molar-refractivity contribution is 0.358. The van der Waals surface area contributed by atoms with Crippen LogP contribution in [-0.4, -0.2) is 35.1 Å². The van der Waals surface area contributed by atoms with Crippen molar-refractivity contribution in [2.75, 3.05) is 0 Å². The zero-order valence-electron chi connectivity index (χ0n) is 21.6. The van der Waals surface area contributed by atoms with Crippen molar-refractivity contribution in [3.63, 3.8) is 0 Å². The Hall–Kier alpha value is -4.39. The Labute approximate surface area is 221 Å². The molecule has 38 heavy (non-hydrogen) atoms. The van der Waals surface area contributed by atoms with E-state index >= 15 is 0 Å². The number of aromatic nitrogens is 7. The molecule has 0 aliphatic heterocycles. The van der Waals surface area contributed by atoms with E-state index in [-0.39, 0.29) is 0 Å². The molecule has 6 rings (SSSR count). The minimum absolute atomic E-state index is 0.651. The molecular weight excluding hydrogens is 470 g/mol. The van der Waals surface area contributed by atoms with Gasteiger partial charge in [0.1, 0.15) is 16.9 Å². The molecule has 0 amide bonds. The van der Waals surface area contributed by atoms with Crippen LogP contribution in [0.25, 0.3) is 50.5 Å². The van der Waals surface area contributed by atoms with Crippen LogP contribution in [0.1, 0.15) is 51.0 Å². The largest absolute Gasteiger partial charge is 0.337 e. The summed E-state index contributed by atoms with van der Waals surface area (Å²) in [6.45, 7) is 6.17. The minimum Gasteiger partial charge on any atom is -0.337 e. The van der Waals surface area contributed by atoms with Crippen LogP contribution in [0.5, 0.6) is 0 Å². The van der Waals surface area contributed by atoms with Gasteiger partial charge in [0, 0.05) is 24.2 Å². The summed E-state index contributed by atoms with van der Waals surface area (Å²) in [7, 11) is 0. The van der Waals surface area contributed by atoms with Crippen molar-refractivity contribution in [3.05, 3.63) is 84.9 Å². The Morgan fingerprint density at radius 1 is 1.08 bits per heavy atom. The van der Waals surface area contributed by atoms with Gasteiger partial charge >= 0.3 is 0 Å². The molecule has 5 aromatic heterocycles. The van der Waals surface area contributed by atoms with E-state index in [2.05, 4.69) is 61.9 Å². The van der Waals surface area contributed by atoms with Gasteiger partial charge in [-0.15, -0.1) is 0 Å². The number of hydrogen-bond acceptors (Lipinski definition) is 5. The molecule has 5 heterocycles. The van der Waals surface area contributed by atoms with Crippen LogP contribution in [0, 0.1) is 5.92 Å². The number of nitrogens with one attached hydrogen (secondary N) is 2. The molecule has 0 aromatic carbocycles. The predicted molar refractivity (Wildman–Crippen MR) is 153 cm³/mol. The standard InChI is InChI=1S/C31H31N7/c1-3-20(16-21-10-6-5-7-11-21)17-22(4-2)23-18-24-27(37-38-30(24)34-19-23)31-35-26-13-15-33-28(29(26)36-31)25-12-8-9-14-32-25/h3-4,8-9,12-15,17-19,21H,1,5-7,10-11,16H2,2H3,(H,35,36)(H,34,37,38)/b20-17+,22-4+. The van der Waals surface area contributed by atoms with Crippen LogP contribution in [0.2, 0.25) is 0 Å². The molecule has 0 saturated heterocycles. The maximum Gasteiger partial charge on any atom is 0.181 e. The normalized spacial score (nSPS) is 15.4. The number of pyridine rings is 3. The maximum atomic E-state index is 4.91. The Bertz CT molecular complexity index is 1650. The monoisotopic (exact) mass is 501 g/mol. The third kappa shape index (κ3) is 4.67. The third-order valence-electron chi connectivity index (χ3n) is 7.45. The Kier molecular flexibility index (Phi) is 6.65. The molecule has 1 aliphatic rings. The summed E-state index contributed by atoms with van der Waals surface area (Å²) >= 11 is 0. The molecule has 2 N–H and O–H groups in total. The van der Waals surface area contributed by atoms with E-state index in [4.69, 9.17) is 4.98 Å². The SMILES string of the molecule is C=C/C(=C\C(=C/C)c1cnc2n[nH]c(-c3nc4c(-c5ccccn5)nccc4[nH]3)c2c1)CC1CCCCC1. The van der Waals surface area contributed by atoms with Gasteiger partial charge in [0.15, 0.2) is 11.5 Å². The number of allylic oxidation sites excluding steroid dienone is 5. The van der Waals surface area contributed by atoms with Crippen LogP contribution in [0.3, 0.4) is 0 Å². The van der Waals surface area contributed by atoms with Gasteiger partial charge in [-0.05, 0) is 54.7 Å². The van der Waals surface area contributed by atoms with Gasteiger partial charge in [-0.3, -0.25) is 15.1 Å². The van der Waals surface area contributed by atoms with Crippen LogP contribution in [0.4, 0.5) is 0 Å². The molecule has 1 aliphatic carbocycles. The third-order valence-corrected chi connectivity index (χ3v) is 7.45. The van der Waals surface area contributed by atoms with Gasteiger partial charge in [-0.2, -0.15) is 5.10 Å². The van der Waals surface area contributed by atoms with Crippen LogP contribution in [-0.2, 0) is 0 Å².